The van der Waals surface area contributed by atoms with Crippen molar-refractivity contribution in [1.29, 1.82) is 0 Å². The van der Waals surface area contributed by atoms with E-state index in [1.54, 1.807) is 6.92 Å². The highest BCUT2D eigenvalue weighted by Gasteiger charge is 2.54. The van der Waals surface area contributed by atoms with Crippen molar-refractivity contribution in [3.63, 3.8) is 0 Å². The van der Waals surface area contributed by atoms with Crippen LogP contribution < -0.4 is 0 Å². The number of aliphatic hydroxyl groups is 5. The van der Waals surface area contributed by atoms with Gasteiger partial charge in [-0.25, -0.2) is 4.79 Å². The highest BCUT2D eigenvalue weighted by Crippen LogP contribution is 2.53. The summed E-state index contributed by atoms with van der Waals surface area (Å²) in [5.41, 5.74) is -0.165. The Morgan fingerprint density at radius 1 is 0.902 bits per heavy atom. The molecule has 5 fully saturated rings. The van der Waals surface area contributed by atoms with Crippen LogP contribution in [0.2, 0.25) is 0 Å². The molecule has 0 radical (unpaired) electrons. The molecule has 3 aliphatic heterocycles. The van der Waals surface area contributed by atoms with E-state index in [1.165, 1.54) is 0 Å². The molecule has 1 spiro atoms. The molecular formula is C28H46O13. The molecule has 5 rings (SSSR count). The van der Waals surface area contributed by atoms with Gasteiger partial charge in [-0.15, -0.1) is 0 Å². The van der Waals surface area contributed by atoms with Crippen LogP contribution in [0.1, 0.15) is 65.2 Å². The Hall–Kier alpha value is -0.970. The summed E-state index contributed by atoms with van der Waals surface area (Å²) in [6.07, 6.45) is -8.40. The van der Waals surface area contributed by atoms with Crippen molar-refractivity contribution < 1.29 is 63.9 Å². The third-order valence-corrected chi connectivity index (χ3v) is 9.74. The zero-order valence-electron chi connectivity index (χ0n) is 23.7. The standard InChI is InChI=1S/C28H46O13/c1-3-14-5-4-6-15(22(14)41-26-21(33)20(32)18(30)13(2)37-26)39-27-24-23(19(31)17(12-29)40-27)38-16(25(34)35)11-28(7-8-28)9-10-36-24/h13-24,26-27,29-33H,3-12H2,1-2H3,(H,34,35)/t13?,14?,15-,16-,17+,18-,19+,20?,21+,22?,23?,24?,26+,27-/m1/s1. The lowest BCUT2D eigenvalue weighted by molar-refractivity contribution is -0.352. The first kappa shape index (κ1) is 31.5. The summed E-state index contributed by atoms with van der Waals surface area (Å²) in [6.45, 7) is 3.36. The monoisotopic (exact) mass is 590 g/mol. The van der Waals surface area contributed by atoms with E-state index in [-0.39, 0.29) is 11.3 Å². The zero-order valence-corrected chi connectivity index (χ0v) is 23.7. The number of ether oxygens (including phenoxy) is 6. The topological polar surface area (TPSA) is 194 Å². The van der Waals surface area contributed by atoms with E-state index in [2.05, 4.69) is 0 Å². The van der Waals surface area contributed by atoms with Crippen LogP contribution in [0.15, 0.2) is 0 Å². The van der Waals surface area contributed by atoms with E-state index < -0.39 is 92.3 Å². The maximum Gasteiger partial charge on any atom is 0.332 e. The molecule has 236 valence electrons. The van der Waals surface area contributed by atoms with Gasteiger partial charge in [0.25, 0.3) is 0 Å². The minimum Gasteiger partial charge on any atom is -0.479 e. The highest BCUT2D eigenvalue weighted by molar-refractivity contribution is 5.72. The predicted molar refractivity (Wildman–Crippen MR) is 138 cm³/mol. The minimum atomic E-state index is -1.47. The summed E-state index contributed by atoms with van der Waals surface area (Å²) in [7, 11) is 0. The first-order valence-electron chi connectivity index (χ1n) is 15.0. The smallest absolute Gasteiger partial charge is 0.332 e. The van der Waals surface area contributed by atoms with Gasteiger partial charge in [0.1, 0.15) is 42.7 Å². The number of aliphatic carboxylic acids is 1. The van der Waals surface area contributed by atoms with Gasteiger partial charge in [-0.2, -0.15) is 0 Å². The quantitative estimate of drug-likeness (QED) is 0.226. The van der Waals surface area contributed by atoms with Crippen LogP contribution in [0.4, 0.5) is 0 Å². The van der Waals surface area contributed by atoms with Crippen molar-refractivity contribution in [2.75, 3.05) is 13.2 Å². The minimum absolute atomic E-state index is 0.0197. The number of carboxylic acids is 1. The Morgan fingerprint density at radius 3 is 2.32 bits per heavy atom. The Kier molecular flexibility index (Phi) is 9.93. The maximum absolute atomic E-state index is 12.1. The van der Waals surface area contributed by atoms with Gasteiger partial charge < -0.3 is 59.1 Å². The molecule has 3 heterocycles. The Morgan fingerprint density at radius 2 is 1.66 bits per heavy atom. The Bertz CT molecular complexity index is 885. The number of rotatable bonds is 7. The predicted octanol–water partition coefficient (Wildman–Crippen LogP) is -0.330. The molecule has 0 aromatic heterocycles. The van der Waals surface area contributed by atoms with E-state index >= 15 is 0 Å². The summed E-state index contributed by atoms with van der Waals surface area (Å²) in [5, 5.41) is 62.0. The number of hydrogen-bond donors (Lipinski definition) is 6. The van der Waals surface area contributed by atoms with Crippen LogP contribution in [0.25, 0.3) is 0 Å². The van der Waals surface area contributed by atoms with Crippen molar-refractivity contribution in [2.24, 2.45) is 11.3 Å². The highest BCUT2D eigenvalue weighted by atomic mass is 16.7. The van der Waals surface area contributed by atoms with Crippen LogP contribution in [-0.4, -0.2) is 130 Å². The lowest BCUT2D eigenvalue weighted by atomic mass is 9.82. The number of fused-ring (bicyclic) bond motifs is 1. The van der Waals surface area contributed by atoms with Gasteiger partial charge in [-0.3, -0.25) is 0 Å². The molecule has 13 heteroatoms. The molecule has 41 heavy (non-hydrogen) atoms. The van der Waals surface area contributed by atoms with Crippen molar-refractivity contribution in [1.82, 2.24) is 0 Å². The lowest BCUT2D eigenvalue weighted by Gasteiger charge is -2.48. The molecule has 0 aromatic rings. The third kappa shape index (κ3) is 6.60. The molecule has 13 nitrogen and oxygen atoms in total. The summed E-state index contributed by atoms with van der Waals surface area (Å²) in [6, 6.07) is 0. The molecule has 14 atom stereocenters. The fourth-order valence-corrected chi connectivity index (χ4v) is 6.85. The molecule has 3 saturated heterocycles. The van der Waals surface area contributed by atoms with Gasteiger partial charge in [0.2, 0.25) is 0 Å². The Labute approximate surface area is 239 Å². The number of aliphatic hydroxyl groups excluding tert-OH is 5. The molecule has 2 aliphatic carbocycles. The second-order valence-corrected chi connectivity index (χ2v) is 12.5. The number of carboxylic acid groups (broad SMARTS) is 1. The first-order chi connectivity index (χ1) is 19.6. The van der Waals surface area contributed by atoms with Crippen LogP contribution in [0.3, 0.4) is 0 Å². The molecular weight excluding hydrogens is 544 g/mol. The van der Waals surface area contributed by atoms with E-state index in [0.29, 0.717) is 25.9 Å². The fraction of sp³-hybridized carbons (Fsp3) is 0.964. The molecule has 0 bridgehead atoms. The van der Waals surface area contributed by atoms with Gasteiger partial charge >= 0.3 is 5.97 Å². The van der Waals surface area contributed by atoms with E-state index in [4.69, 9.17) is 28.4 Å². The molecule has 0 amide bonds. The van der Waals surface area contributed by atoms with E-state index in [9.17, 15) is 35.4 Å². The molecule has 6 N–H and O–H groups in total. The fourth-order valence-electron chi connectivity index (χ4n) is 6.85. The second kappa shape index (κ2) is 12.9. The van der Waals surface area contributed by atoms with Gasteiger partial charge in [-0.05, 0) is 56.8 Å². The third-order valence-electron chi connectivity index (χ3n) is 9.74. The van der Waals surface area contributed by atoms with Gasteiger partial charge in [0.05, 0.1) is 24.9 Å². The average molecular weight is 591 g/mol. The first-order valence-corrected chi connectivity index (χ1v) is 15.0. The maximum atomic E-state index is 12.1. The number of hydrogen-bond acceptors (Lipinski definition) is 12. The van der Waals surface area contributed by atoms with Crippen LogP contribution in [-0.2, 0) is 33.2 Å². The summed E-state index contributed by atoms with van der Waals surface area (Å²) >= 11 is 0. The summed E-state index contributed by atoms with van der Waals surface area (Å²) < 4.78 is 36.8. The lowest BCUT2D eigenvalue weighted by Crippen LogP contribution is -2.63. The van der Waals surface area contributed by atoms with Gasteiger partial charge in [0.15, 0.2) is 18.7 Å². The summed E-state index contributed by atoms with van der Waals surface area (Å²) in [4.78, 5) is 12.1. The molecule has 6 unspecified atom stereocenters. The van der Waals surface area contributed by atoms with E-state index in [1.807, 2.05) is 6.92 Å². The van der Waals surface area contributed by atoms with Gasteiger partial charge in [0, 0.05) is 6.61 Å². The van der Waals surface area contributed by atoms with Crippen LogP contribution in [0, 0.1) is 11.3 Å². The summed E-state index contributed by atoms with van der Waals surface area (Å²) in [5.74, 6) is -1.10. The van der Waals surface area contributed by atoms with Crippen LogP contribution >= 0.6 is 0 Å². The van der Waals surface area contributed by atoms with Gasteiger partial charge in [-0.1, -0.05) is 19.8 Å². The zero-order chi connectivity index (χ0) is 29.5. The van der Waals surface area contributed by atoms with Crippen molar-refractivity contribution in [3.05, 3.63) is 0 Å². The number of carbonyl (C=O) groups is 1. The van der Waals surface area contributed by atoms with Crippen LogP contribution in [0.5, 0.6) is 0 Å². The second-order valence-electron chi connectivity index (χ2n) is 12.5. The van der Waals surface area contributed by atoms with E-state index in [0.717, 1.165) is 32.1 Å². The SMILES string of the molecule is CCC1CCC[C@@H](O[C@@H]2O[C@@H](CO)[C@H](O)C3O[C@@H](C(=O)O)CC4(CCOC32)CC4)C1O[C@@H]1OC(C)[C@@H](O)C(O)[C@@H]1O. The molecule has 5 aliphatic rings. The molecule has 2 saturated carbocycles. The van der Waals surface area contributed by atoms with Crippen molar-refractivity contribution >= 4 is 5.97 Å². The van der Waals surface area contributed by atoms with Crippen molar-refractivity contribution in [2.45, 2.75) is 145 Å². The Balaban J connectivity index is 1.37. The molecule has 0 aromatic carbocycles. The normalized spacial score (nSPS) is 48.5. The largest absolute Gasteiger partial charge is 0.479 e. The van der Waals surface area contributed by atoms with Crippen molar-refractivity contribution in [3.8, 4) is 0 Å². The average Bonchev–Trinajstić information content (AvgIpc) is 3.70.